The van der Waals surface area contributed by atoms with Crippen LogP contribution in [0.3, 0.4) is 0 Å². The largest absolute Gasteiger partial charge is 0.352 e. The normalized spacial score (nSPS) is 12.0. The van der Waals surface area contributed by atoms with Gasteiger partial charge in [-0.25, -0.2) is 4.39 Å². The number of rotatable bonds is 8. The predicted octanol–water partition coefficient (Wildman–Crippen LogP) is 5.01. The topological polar surface area (TPSA) is 49.4 Å². The van der Waals surface area contributed by atoms with Crippen molar-refractivity contribution in [1.29, 1.82) is 0 Å². The monoisotopic (exact) mass is 438 g/mol. The van der Waals surface area contributed by atoms with Gasteiger partial charge in [-0.15, -0.1) is 0 Å². The third-order valence-corrected chi connectivity index (χ3v) is 5.18. The highest BCUT2D eigenvalue weighted by atomic mass is 35.5. The molecular weight excluding hydrogens is 414 g/mol. The number of nitrogens with one attached hydrogen (secondary N) is 1. The number of amides is 2. The minimum atomic E-state index is -0.670. The van der Waals surface area contributed by atoms with Gasteiger partial charge in [0, 0.05) is 22.6 Å². The summed E-state index contributed by atoms with van der Waals surface area (Å²) in [6, 6.07) is 10.2. The first-order chi connectivity index (χ1) is 13.7. The average Bonchev–Trinajstić information content (AvgIpc) is 2.65. The summed E-state index contributed by atoms with van der Waals surface area (Å²) < 4.78 is 13.3. The van der Waals surface area contributed by atoms with Crippen molar-refractivity contribution >= 4 is 35.0 Å². The lowest BCUT2D eigenvalue weighted by atomic mass is 10.1. The van der Waals surface area contributed by atoms with E-state index in [9.17, 15) is 14.0 Å². The number of carbonyl (C=O) groups excluding carboxylic acids is 2. The highest BCUT2D eigenvalue weighted by Gasteiger charge is 2.29. The van der Waals surface area contributed by atoms with Gasteiger partial charge < -0.3 is 10.2 Å². The van der Waals surface area contributed by atoms with Gasteiger partial charge in [-0.1, -0.05) is 48.3 Å². The van der Waals surface area contributed by atoms with E-state index in [1.54, 1.807) is 30.3 Å². The predicted molar refractivity (Wildman–Crippen MR) is 114 cm³/mol. The third-order valence-electron chi connectivity index (χ3n) is 4.47. The Morgan fingerprint density at radius 1 is 1.07 bits per heavy atom. The molecule has 0 bridgehead atoms. The molecule has 1 N–H and O–H groups in total. The van der Waals surface area contributed by atoms with Crippen molar-refractivity contribution in [3.63, 3.8) is 0 Å². The Hall–Kier alpha value is -2.11. The van der Waals surface area contributed by atoms with Crippen LogP contribution in [-0.2, 0) is 22.6 Å². The van der Waals surface area contributed by atoms with Crippen molar-refractivity contribution < 1.29 is 14.0 Å². The molecule has 0 unspecified atom stereocenters. The molecule has 0 aromatic heterocycles. The summed E-state index contributed by atoms with van der Waals surface area (Å²) in [6.07, 6.45) is 0.396. The van der Waals surface area contributed by atoms with Crippen molar-refractivity contribution in [3.8, 4) is 0 Å². The second-order valence-electron chi connectivity index (χ2n) is 7.11. The number of halogens is 3. The van der Waals surface area contributed by atoms with Crippen LogP contribution in [0.4, 0.5) is 4.39 Å². The molecule has 0 aliphatic heterocycles. The van der Waals surface area contributed by atoms with Crippen LogP contribution < -0.4 is 5.32 Å². The van der Waals surface area contributed by atoms with Crippen LogP contribution in [0.15, 0.2) is 42.5 Å². The number of hydrogen-bond donors (Lipinski definition) is 1. The Morgan fingerprint density at radius 3 is 2.17 bits per heavy atom. The van der Waals surface area contributed by atoms with Gasteiger partial charge in [0.05, 0.1) is 6.42 Å². The summed E-state index contributed by atoms with van der Waals surface area (Å²) in [6.45, 7) is 5.74. The highest BCUT2D eigenvalue weighted by Crippen LogP contribution is 2.26. The molecule has 0 saturated heterocycles. The standard InChI is InChI=1S/C22H25Cl2FN2O2/c1-4-20(22(29)26-14(2)3)27(13-15-8-10-16(25)11-9-15)21(28)12-17-18(23)6-5-7-19(17)24/h5-11,14,20H,4,12-13H2,1-3H3,(H,26,29)/t20-/m1/s1. The van der Waals surface area contributed by atoms with Gasteiger partial charge in [0.1, 0.15) is 11.9 Å². The maximum absolute atomic E-state index is 13.3. The van der Waals surface area contributed by atoms with E-state index in [4.69, 9.17) is 23.2 Å². The fourth-order valence-corrected chi connectivity index (χ4v) is 3.57. The van der Waals surface area contributed by atoms with Crippen LogP contribution in [0.1, 0.15) is 38.3 Å². The zero-order chi connectivity index (χ0) is 21.6. The molecule has 7 heteroatoms. The van der Waals surface area contributed by atoms with Crippen molar-refractivity contribution in [3.05, 3.63) is 69.5 Å². The van der Waals surface area contributed by atoms with Crippen LogP contribution >= 0.6 is 23.2 Å². The fourth-order valence-electron chi connectivity index (χ4n) is 3.04. The molecule has 1 atom stereocenters. The second-order valence-corrected chi connectivity index (χ2v) is 7.93. The van der Waals surface area contributed by atoms with Crippen molar-refractivity contribution in [2.24, 2.45) is 0 Å². The summed E-state index contributed by atoms with van der Waals surface area (Å²) in [5.74, 6) is -0.877. The highest BCUT2D eigenvalue weighted by molar-refractivity contribution is 6.36. The molecule has 2 amide bonds. The van der Waals surface area contributed by atoms with Crippen molar-refractivity contribution in [1.82, 2.24) is 10.2 Å². The van der Waals surface area contributed by atoms with E-state index < -0.39 is 6.04 Å². The molecule has 2 rings (SSSR count). The first kappa shape index (κ1) is 23.2. The molecule has 156 valence electrons. The summed E-state index contributed by atoms with van der Waals surface area (Å²) in [5, 5.41) is 3.66. The lowest BCUT2D eigenvalue weighted by Crippen LogP contribution is -2.50. The van der Waals surface area contributed by atoms with E-state index in [0.717, 1.165) is 5.56 Å². The fraction of sp³-hybridized carbons (Fsp3) is 0.364. The lowest BCUT2D eigenvalue weighted by Gasteiger charge is -2.31. The number of benzene rings is 2. The Kier molecular flexibility index (Phi) is 8.47. The maximum atomic E-state index is 13.3. The Bertz CT molecular complexity index is 836. The summed E-state index contributed by atoms with van der Waals surface area (Å²) in [7, 11) is 0. The number of hydrogen-bond acceptors (Lipinski definition) is 2. The Balaban J connectivity index is 2.34. The van der Waals surface area contributed by atoms with Crippen LogP contribution in [0, 0.1) is 5.82 Å². The molecule has 29 heavy (non-hydrogen) atoms. The Morgan fingerprint density at radius 2 is 1.66 bits per heavy atom. The first-order valence-corrected chi connectivity index (χ1v) is 10.3. The maximum Gasteiger partial charge on any atom is 0.243 e. The minimum Gasteiger partial charge on any atom is -0.352 e. The minimum absolute atomic E-state index is 0.0365. The van der Waals surface area contributed by atoms with E-state index in [1.165, 1.54) is 17.0 Å². The van der Waals surface area contributed by atoms with Gasteiger partial charge in [-0.2, -0.15) is 0 Å². The smallest absolute Gasteiger partial charge is 0.243 e. The molecule has 0 spiro atoms. The first-order valence-electron chi connectivity index (χ1n) is 9.50. The Labute approximate surface area is 181 Å². The lowest BCUT2D eigenvalue weighted by molar-refractivity contribution is -0.141. The van der Waals surface area contributed by atoms with Gasteiger partial charge in [-0.05, 0) is 55.7 Å². The number of carbonyl (C=O) groups is 2. The van der Waals surface area contributed by atoms with Crippen LogP contribution in [-0.4, -0.2) is 28.8 Å². The van der Waals surface area contributed by atoms with Gasteiger partial charge in [0.2, 0.25) is 11.8 Å². The van der Waals surface area contributed by atoms with E-state index in [-0.39, 0.29) is 36.6 Å². The molecule has 0 fully saturated rings. The quantitative estimate of drug-likeness (QED) is 0.629. The van der Waals surface area contributed by atoms with Gasteiger partial charge in [0.15, 0.2) is 0 Å². The van der Waals surface area contributed by atoms with Crippen LogP contribution in [0.5, 0.6) is 0 Å². The summed E-state index contributed by atoms with van der Waals surface area (Å²) in [5.41, 5.74) is 1.24. The van der Waals surface area contributed by atoms with Gasteiger partial charge in [-0.3, -0.25) is 9.59 Å². The zero-order valence-electron chi connectivity index (χ0n) is 16.7. The van der Waals surface area contributed by atoms with Crippen LogP contribution in [0.2, 0.25) is 10.0 Å². The van der Waals surface area contributed by atoms with Crippen molar-refractivity contribution in [2.75, 3.05) is 0 Å². The second kappa shape index (κ2) is 10.6. The average molecular weight is 439 g/mol. The molecule has 2 aromatic carbocycles. The summed E-state index contributed by atoms with van der Waals surface area (Å²) >= 11 is 12.4. The van der Waals surface area contributed by atoms with Gasteiger partial charge >= 0.3 is 0 Å². The van der Waals surface area contributed by atoms with E-state index in [2.05, 4.69) is 5.32 Å². The molecule has 4 nitrogen and oxygen atoms in total. The van der Waals surface area contributed by atoms with Crippen LogP contribution in [0.25, 0.3) is 0 Å². The van der Waals surface area contributed by atoms with E-state index >= 15 is 0 Å². The molecule has 0 aliphatic rings. The number of nitrogens with zero attached hydrogens (tertiary/aromatic N) is 1. The molecule has 2 aromatic rings. The zero-order valence-corrected chi connectivity index (χ0v) is 18.2. The molecular formula is C22H25Cl2FN2O2. The summed E-state index contributed by atoms with van der Waals surface area (Å²) in [4.78, 5) is 27.5. The molecule has 0 saturated carbocycles. The third kappa shape index (κ3) is 6.44. The van der Waals surface area contributed by atoms with E-state index in [1.807, 2.05) is 20.8 Å². The SMILES string of the molecule is CC[C@H](C(=O)NC(C)C)N(Cc1ccc(F)cc1)C(=O)Cc1c(Cl)cccc1Cl. The molecule has 0 heterocycles. The van der Waals surface area contributed by atoms with E-state index in [0.29, 0.717) is 22.0 Å². The van der Waals surface area contributed by atoms with Crippen molar-refractivity contribution in [2.45, 2.75) is 52.2 Å². The molecule has 0 aliphatic carbocycles. The molecule has 0 radical (unpaired) electrons. The van der Waals surface area contributed by atoms with Gasteiger partial charge in [0.25, 0.3) is 0 Å².